The van der Waals surface area contributed by atoms with Crippen molar-refractivity contribution in [3.05, 3.63) is 69.8 Å². The first-order valence-corrected chi connectivity index (χ1v) is 8.24. The zero-order valence-electron chi connectivity index (χ0n) is 13.9. The normalized spacial score (nSPS) is 18.9. The number of benzene rings is 2. The molecule has 0 amide bonds. The third kappa shape index (κ3) is 4.05. The van der Waals surface area contributed by atoms with Gasteiger partial charge in [0.25, 0.3) is 5.69 Å². The van der Waals surface area contributed by atoms with Gasteiger partial charge in [0.2, 0.25) is 0 Å². The number of aldehydes is 1. The van der Waals surface area contributed by atoms with Crippen LogP contribution in [-0.4, -0.2) is 29.4 Å². The van der Waals surface area contributed by atoms with Crippen LogP contribution in [-0.2, 0) is 4.74 Å². The van der Waals surface area contributed by atoms with Gasteiger partial charge in [0.05, 0.1) is 10.5 Å². The molecule has 1 aliphatic carbocycles. The number of nitrogens with zero attached hydrogens (tertiary/aromatic N) is 1. The fourth-order valence-electron chi connectivity index (χ4n) is 2.89. The van der Waals surface area contributed by atoms with E-state index in [2.05, 4.69) is 0 Å². The summed E-state index contributed by atoms with van der Waals surface area (Å²) in [6, 6.07) is 12.0. The van der Waals surface area contributed by atoms with E-state index in [-0.39, 0.29) is 23.5 Å². The summed E-state index contributed by atoms with van der Waals surface area (Å²) in [7, 11) is 0. The number of ether oxygens (including phenoxy) is 2. The minimum atomic E-state index is -0.531. The highest BCUT2D eigenvalue weighted by molar-refractivity contribution is 5.89. The zero-order valence-corrected chi connectivity index (χ0v) is 13.9. The predicted molar refractivity (Wildman–Crippen MR) is 92.4 cm³/mol. The maximum Gasteiger partial charge on any atom is 0.338 e. The molecule has 1 fully saturated rings. The molecule has 0 radical (unpaired) electrons. The van der Waals surface area contributed by atoms with Crippen LogP contribution in [0.5, 0.6) is 5.75 Å². The molecular formula is C19H17NO6. The SMILES string of the molecule is O=Cc1ccc(O[C@H]2CCC[C@H]2OC(=O)c2ccc([N+](=O)[O-])cc2)cc1. The lowest BCUT2D eigenvalue weighted by Gasteiger charge is -2.21. The van der Waals surface area contributed by atoms with Gasteiger partial charge in [0.15, 0.2) is 0 Å². The largest absolute Gasteiger partial charge is 0.487 e. The Hall–Kier alpha value is -3.22. The van der Waals surface area contributed by atoms with Gasteiger partial charge in [-0.3, -0.25) is 14.9 Å². The highest BCUT2D eigenvalue weighted by Gasteiger charge is 2.32. The van der Waals surface area contributed by atoms with Crippen molar-refractivity contribution in [1.82, 2.24) is 0 Å². The second kappa shape index (κ2) is 7.77. The number of nitro groups is 1. The van der Waals surface area contributed by atoms with Gasteiger partial charge in [-0.2, -0.15) is 0 Å². The topological polar surface area (TPSA) is 95.7 Å². The van der Waals surface area contributed by atoms with Crippen LogP contribution in [0.1, 0.15) is 40.0 Å². The van der Waals surface area contributed by atoms with E-state index in [0.717, 1.165) is 19.1 Å². The molecule has 134 valence electrons. The van der Waals surface area contributed by atoms with Crippen molar-refractivity contribution in [1.29, 1.82) is 0 Å². The van der Waals surface area contributed by atoms with Crippen molar-refractivity contribution in [2.24, 2.45) is 0 Å². The molecule has 0 aromatic heterocycles. The molecule has 0 saturated heterocycles. The molecular weight excluding hydrogens is 338 g/mol. The Morgan fingerprint density at radius 2 is 1.69 bits per heavy atom. The Morgan fingerprint density at radius 3 is 2.31 bits per heavy atom. The van der Waals surface area contributed by atoms with Crippen molar-refractivity contribution in [2.75, 3.05) is 0 Å². The summed E-state index contributed by atoms with van der Waals surface area (Å²) in [5, 5.41) is 10.7. The third-order valence-electron chi connectivity index (χ3n) is 4.27. The van der Waals surface area contributed by atoms with Crippen molar-refractivity contribution in [2.45, 2.75) is 31.5 Å². The number of non-ortho nitro benzene ring substituents is 1. The van der Waals surface area contributed by atoms with Crippen molar-refractivity contribution in [3.8, 4) is 5.75 Å². The van der Waals surface area contributed by atoms with Gasteiger partial charge in [-0.15, -0.1) is 0 Å². The Balaban J connectivity index is 1.63. The number of hydrogen-bond donors (Lipinski definition) is 0. The number of rotatable bonds is 6. The van der Waals surface area contributed by atoms with Crippen LogP contribution in [0.15, 0.2) is 48.5 Å². The van der Waals surface area contributed by atoms with E-state index in [1.807, 2.05) is 0 Å². The van der Waals surface area contributed by atoms with Crippen LogP contribution in [0.2, 0.25) is 0 Å². The average molecular weight is 355 g/mol. The quantitative estimate of drug-likeness (QED) is 0.340. The minimum absolute atomic E-state index is 0.0811. The van der Waals surface area contributed by atoms with Gasteiger partial charge >= 0.3 is 5.97 Å². The first-order valence-electron chi connectivity index (χ1n) is 8.24. The molecule has 7 heteroatoms. The fourth-order valence-corrected chi connectivity index (χ4v) is 2.89. The summed E-state index contributed by atoms with van der Waals surface area (Å²) < 4.78 is 11.4. The van der Waals surface area contributed by atoms with E-state index in [4.69, 9.17) is 9.47 Å². The highest BCUT2D eigenvalue weighted by atomic mass is 16.6. The van der Waals surface area contributed by atoms with Gasteiger partial charge in [-0.05, 0) is 55.7 Å². The minimum Gasteiger partial charge on any atom is -0.487 e. The third-order valence-corrected chi connectivity index (χ3v) is 4.27. The van der Waals surface area contributed by atoms with Gasteiger partial charge < -0.3 is 9.47 Å². The predicted octanol–water partition coefficient (Wildman–Crippen LogP) is 3.56. The standard InChI is InChI=1S/C19H17NO6/c21-12-13-4-10-16(11-5-13)25-17-2-1-3-18(17)26-19(22)14-6-8-15(9-7-14)20(23)24/h4-12,17-18H,1-3H2/t17-,18+/m0/s1. The smallest absolute Gasteiger partial charge is 0.338 e. The van der Waals surface area contributed by atoms with Crippen LogP contribution in [0.4, 0.5) is 5.69 Å². The molecule has 0 aliphatic heterocycles. The average Bonchev–Trinajstić information content (AvgIpc) is 3.09. The lowest BCUT2D eigenvalue weighted by Crippen LogP contribution is -2.31. The van der Waals surface area contributed by atoms with Crippen LogP contribution in [0.3, 0.4) is 0 Å². The van der Waals surface area contributed by atoms with Gasteiger partial charge in [0, 0.05) is 17.7 Å². The van der Waals surface area contributed by atoms with E-state index in [0.29, 0.717) is 17.7 Å². The zero-order chi connectivity index (χ0) is 18.5. The highest BCUT2D eigenvalue weighted by Crippen LogP contribution is 2.28. The van der Waals surface area contributed by atoms with Crippen LogP contribution >= 0.6 is 0 Å². The van der Waals surface area contributed by atoms with Gasteiger partial charge in [0.1, 0.15) is 24.2 Å². The molecule has 0 spiro atoms. The Labute approximate surface area is 149 Å². The number of hydrogen-bond acceptors (Lipinski definition) is 6. The lowest BCUT2D eigenvalue weighted by molar-refractivity contribution is -0.384. The van der Waals surface area contributed by atoms with E-state index in [1.165, 1.54) is 24.3 Å². The molecule has 2 aromatic carbocycles. The molecule has 26 heavy (non-hydrogen) atoms. The van der Waals surface area contributed by atoms with E-state index in [1.54, 1.807) is 24.3 Å². The molecule has 0 heterocycles. The van der Waals surface area contributed by atoms with E-state index < -0.39 is 10.9 Å². The molecule has 1 saturated carbocycles. The molecule has 2 aromatic rings. The van der Waals surface area contributed by atoms with Crippen LogP contribution in [0, 0.1) is 10.1 Å². The van der Waals surface area contributed by atoms with E-state index in [9.17, 15) is 19.7 Å². The van der Waals surface area contributed by atoms with Crippen molar-refractivity contribution >= 4 is 17.9 Å². The molecule has 0 unspecified atom stereocenters. The molecule has 2 atom stereocenters. The molecule has 3 rings (SSSR count). The molecule has 1 aliphatic rings. The molecule has 0 N–H and O–H groups in total. The maximum atomic E-state index is 12.3. The van der Waals surface area contributed by atoms with Crippen molar-refractivity contribution < 1.29 is 24.0 Å². The number of carbonyl (C=O) groups is 2. The summed E-state index contributed by atoms with van der Waals surface area (Å²) in [6.07, 6.45) is 2.43. The summed E-state index contributed by atoms with van der Waals surface area (Å²) >= 11 is 0. The Kier molecular flexibility index (Phi) is 5.26. The second-order valence-corrected chi connectivity index (χ2v) is 6.02. The molecule has 7 nitrogen and oxygen atoms in total. The van der Waals surface area contributed by atoms with Gasteiger partial charge in [-0.25, -0.2) is 4.79 Å². The Bertz CT molecular complexity index is 800. The summed E-state index contributed by atoms with van der Waals surface area (Å²) in [4.78, 5) is 33.1. The first kappa shape index (κ1) is 17.6. The molecule has 0 bridgehead atoms. The first-order chi connectivity index (χ1) is 12.6. The Morgan fingerprint density at radius 1 is 1.04 bits per heavy atom. The fraction of sp³-hybridized carbons (Fsp3) is 0.263. The maximum absolute atomic E-state index is 12.3. The second-order valence-electron chi connectivity index (χ2n) is 6.02. The summed E-state index contributed by atoms with van der Waals surface area (Å²) in [5.74, 6) is 0.0792. The van der Waals surface area contributed by atoms with Gasteiger partial charge in [-0.1, -0.05) is 0 Å². The summed E-state index contributed by atoms with van der Waals surface area (Å²) in [6.45, 7) is 0. The van der Waals surface area contributed by atoms with Crippen molar-refractivity contribution in [3.63, 3.8) is 0 Å². The number of esters is 1. The monoisotopic (exact) mass is 355 g/mol. The lowest BCUT2D eigenvalue weighted by atomic mass is 10.2. The summed E-state index contributed by atoms with van der Waals surface area (Å²) in [5.41, 5.74) is 0.740. The van der Waals surface area contributed by atoms with Crippen LogP contribution < -0.4 is 4.74 Å². The van der Waals surface area contributed by atoms with E-state index >= 15 is 0 Å². The number of carbonyl (C=O) groups excluding carboxylic acids is 2. The number of nitro benzene ring substituents is 1. The van der Waals surface area contributed by atoms with Crippen LogP contribution in [0.25, 0.3) is 0 Å².